The molecule has 0 spiro atoms. The van der Waals surface area contributed by atoms with E-state index in [2.05, 4.69) is 5.16 Å². The molecule has 4 rings (SSSR count). The van der Waals surface area contributed by atoms with Gasteiger partial charge in [-0.05, 0) is 48.7 Å². The molecule has 0 fully saturated rings. The second kappa shape index (κ2) is 16.6. The number of ketones is 1. The van der Waals surface area contributed by atoms with Crippen LogP contribution in [0.3, 0.4) is 0 Å². The molecule has 1 atom stereocenters. The number of anilines is 3. The van der Waals surface area contributed by atoms with Gasteiger partial charge in [-0.15, -0.1) is 11.6 Å². The van der Waals surface area contributed by atoms with Crippen molar-refractivity contribution in [3.8, 4) is 0 Å². The Morgan fingerprint density at radius 3 is 1.86 bits per heavy atom. The highest BCUT2D eigenvalue weighted by Crippen LogP contribution is 2.25. The van der Waals surface area contributed by atoms with Crippen molar-refractivity contribution in [1.82, 2.24) is 18.6 Å². The minimum atomic E-state index is -0.798. The Kier molecular flexibility index (Phi) is 12.3. The van der Waals surface area contributed by atoms with Crippen LogP contribution in [0.15, 0.2) is 96.9 Å². The number of carbonyl (C=O) groups is 5. The van der Waals surface area contributed by atoms with Crippen molar-refractivity contribution in [2.24, 2.45) is 10.9 Å². The number of amidine groups is 1. The fraction of sp³-hybridized carbons (Fsp3) is 0.212. The van der Waals surface area contributed by atoms with E-state index in [1.807, 2.05) is 18.2 Å². The van der Waals surface area contributed by atoms with Gasteiger partial charge >= 0.3 is 24.0 Å². The lowest BCUT2D eigenvalue weighted by Gasteiger charge is -2.23. The minimum absolute atomic E-state index is 0.137. The summed E-state index contributed by atoms with van der Waals surface area (Å²) >= 11 is 6.92. The third-order valence-electron chi connectivity index (χ3n) is 7.62. The van der Waals surface area contributed by atoms with Crippen molar-refractivity contribution in [2.45, 2.75) is 13.0 Å². The maximum absolute atomic E-state index is 13.4. The molecule has 0 aliphatic rings. The SMILES string of the molecule is CC(C(N)=NO)N(C)C(=O)n1ccc(N(C)C(=O)n2ccc(N(C)C(=O)n3ccc(N(SCCCl)C(=O)C(=O)/C=C/c4ccccc4)c3)c2)c1. The van der Waals surface area contributed by atoms with Gasteiger partial charge in [0.1, 0.15) is 0 Å². The van der Waals surface area contributed by atoms with Gasteiger partial charge in [-0.25, -0.2) is 18.7 Å². The predicted octanol–water partition coefficient (Wildman–Crippen LogP) is 4.84. The molecule has 0 saturated heterocycles. The van der Waals surface area contributed by atoms with E-state index in [4.69, 9.17) is 22.5 Å². The van der Waals surface area contributed by atoms with E-state index < -0.39 is 35.8 Å². The maximum atomic E-state index is 13.4. The maximum Gasteiger partial charge on any atom is 0.332 e. The summed E-state index contributed by atoms with van der Waals surface area (Å²) in [5.41, 5.74) is 7.49. The summed E-state index contributed by atoms with van der Waals surface area (Å²) in [6, 6.07) is 11.7. The van der Waals surface area contributed by atoms with Gasteiger partial charge in [-0.1, -0.05) is 41.6 Å². The predicted molar refractivity (Wildman–Crippen MR) is 194 cm³/mol. The Balaban J connectivity index is 1.44. The Labute approximate surface area is 297 Å². The van der Waals surface area contributed by atoms with Crippen molar-refractivity contribution in [2.75, 3.05) is 46.9 Å². The van der Waals surface area contributed by atoms with Crippen LogP contribution >= 0.6 is 23.5 Å². The van der Waals surface area contributed by atoms with Gasteiger partial charge in [0, 0.05) is 70.0 Å². The molecular formula is C33H36ClN9O6S. The molecule has 0 aliphatic heterocycles. The van der Waals surface area contributed by atoms with Crippen LogP contribution in [-0.4, -0.2) is 98.2 Å². The van der Waals surface area contributed by atoms with E-state index in [9.17, 15) is 24.0 Å². The van der Waals surface area contributed by atoms with Gasteiger partial charge in [-0.3, -0.25) is 33.1 Å². The van der Waals surface area contributed by atoms with Crippen LogP contribution in [0.4, 0.5) is 31.4 Å². The van der Waals surface area contributed by atoms with Gasteiger partial charge in [0.25, 0.3) is 0 Å². The van der Waals surface area contributed by atoms with E-state index in [0.717, 1.165) is 17.5 Å². The molecule has 1 unspecified atom stereocenters. The first-order valence-corrected chi connectivity index (χ1v) is 16.5. The zero-order chi connectivity index (χ0) is 36.5. The summed E-state index contributed by atoms with van der Waals surface area (Å²) < 4.78 is 5.00. The van der Waals surface area contributed by atoms with Crippen LogP contribution in [0.1, 0.15) is 12.5 Å². The number of halogens is 1. The number of alkyl halides is 1. The lowest BCUT2D eigenvalue weighted by atomic mass is 10.2. The molecule has 1 aromatic carbocycles. The quantitative estimate of drug-likeness (QED) is 0.0324. The molecule has 3 aromatic heterocycles. The molecule has 3 heterocycles. The zero-order valence-corrected chi connectivity index (χ0v) is 29.2. The zero-order valence-electron chi connectivity index (χ0n) is 27.7. The summed E-state index contributed by atoms with van der Waals surface area (Å²) in [7, 11) is 4.55. The highest BCUT2D eigenvalue weighted by atomic mass is 35.5. The first-order chi connectivity index (χ1) is 23.9. The molecule has 0 saturated carbocycles. The van der Waals surface area contributed by atoms with Gasteiger partial charge in [0.2, 0.25) is 5.78 Å². The van der Waals surface area contributed by atoms with Gasteiger partial charge in [-0.2, -0.15) is 0 Å². The fourth-order valence-electron chi connectivity index (χ4n) is 4.51. The normalized spacial score (nSPS) is 12.1. The van der Waals surface area contributed by atoms with Crippen LogP contribution in [-0.2, 0) is 9.59 Å². The Morgan fingerprint density at radius 2 is 1.34 bits per heavy atom. The van der Waals surface area contributed by atoms with E-state index in [1.165, 1.54) is 103 Å². The molecule has 15 nitrogen and oxygen atoms in total. The summed E-state index contributed by atoms with van der Waals surface area (Å²) in [5.74, 6) is -1.11. The van der Waals surface area contributed by atoms with Crippen LogP contribution in [0.2, 0.25) is 0 Å². The number of amides is 4. The third kappa shape index (κ3) is 8.45. The smallest absolute Gasteiger partial charge is 0.332 e. The topological polar surface area (TPSA) is 172 Å². The minimum Gasteiger partial charge on any atom is -0.409 e. The van der Waals surface area contributed by atoms with Crippen molar-refractivity contribution < 1.29 is 29.2 Å². The molecule has 0 radical (unpaired) electrons. The number of hydrogen-bond donors (Lipinski definition) is 2. The van der Waals surface area contributed by atoms with Crippen molar-refractivity contribution in [1.29, 1.82) is 0 Å². The molecule has 3 N–H and O–H groups in total. The van der Waals surface area contributed by atoms with Gasteiger partial charge in [0.15, 0.2) is 5.84 Å². The van der Waals surface area contributed by atoms with Crippen molar-refractivity contribution in [3.63, 3.8) is 0 Å². The summed E-state index contributed by atoms with van der Waals surface area (Å²) in [6.07, 6.45) is 11.6. The number of rotatable bonds is 11. The Morgan fingerprint density at radius 1 is 0.840 bits per heavy atom. The number of oxime groups is 1. The average molecular weight is 722 g/mol. The molecular weight excluding hydrogens is 686 g/mol. The van der Waals surface area contributed by atoms with Gasteiger partial charge < -0.3 is 15.8 Å². The van der Waals surface area contributed by atoms with E-state index in [1.54, 1.807) is 37.3 Å². The number of benzene rings is 1. The molecule has 0 aliphatic carbocycles. The second-order valence-corrected chi connectivity index (χ2v) is 12.2. The summed E-state index contributed by atoms with van der Waals surface area (Å²) in [6.45, 7) is 1.60. The number of likely N-dealkylation sites (N-methyl/N-ethyl adjacent to an activating group) is 1. The first kappa shape index (κ1) is 37.1. The molecule has 262 valence electrons. The van der Waals surface area contributed by atoms with Crippen LogP contribution in [0.5, 0.6) is 0 Å². The van der Waals surface area contributed by atoms with E-state index in [-0.39, 0.29) is 11.7 Å². The Hall–Kier alpha value is -5.74. The van der Waals surface area contributed by atoms with E-state index in [0.29, 0.717) is 22.8 Å². The molecule has 4 amide bonds. The fourth-order valence-corrected chi connectivity index (χ4v) is 5.43. The average Bonchev–Trinajstić information content (AvgIpc) is 3.94. The van der Waals surface area contributed by atoms with Crippen LogP contribution < -0.4 is 19.8 Å². The monoisotopic (exact) mass is 721 g/mol. The largest absolute Gasteiger partial charge is 0.409 e. The van der Waals surface area contributed by atoms with Crippen LogP contribution in [0.25, 0.3) is 6.08 Å². The highest BCUT2D eigenvalue weighted by Gasteiger charge is 2.26. The standard InChI is InChI=1S/C33H36ClN9O6S/c1-23(29(35)36-49)37(2)31(46)40-16-12-25(20-40)38(3)32(47)41-17-13-26(21-41)39(4)33(48)42-18-14-27(22-42)43(50-19-15-34)30(45)28(44)11-10-24-8-6-5-7-9-24/h5-14,16-18,20-23,49H,15,19H2,1-4H3,(H2,35,36)/b11-10+. The number of nitrogens with zero attached hydrogens (tertiary/aromatic N) is 8. The lowest BCUT2D eigenvalue weighted by molar-refractivity contribution is -0.132. The number of carbonyl (C=O) groups excluding carboxylic acids is 5. The summed E-state index contributed by atoms with van der Waals surface area (Å²) in [4.78, 5) is 69.4. The molecule has 50 heavy (non-hydrogen) atoms. The third-order valence-corrected chi connectivity index (χ3v) is 9.06. The lowest BCUT2D eigenvalue weighted by Crippen LogP contribution is -2.45. The molecule has 0 bridgehead atoms. The number of nitrogens with two attached hydrogens (primary N) is 1. The Bertz CT molecular complexity index is 1920. The summed E-state index contributed by atoms with van der Waals surface area (Å²) in [5, 5.41) is 11.9. The van der Waals surface area contributed by atoms with E-state index >= 15 is 0 Å². The van der Waals surface area contributed by atoms with Crippen molar-refractivity contribution >= 4 is 82.3 Å². The number of aromatic nitrogens is 3. The first-order valence-electron chi connectivity index (χ1n) is 15.0. The van der Waals surface area contributed by atoms with Crippen LogP contribution in [0, 0.1) is 0 Å². The van der Waals surface area contributed by atoms with Gasteiger partial charge in [0.05, 0.1) is 23.1 Å². The molecule has 4 aromatic rings. The van der Waals surface area contributed by atoms with Crippen molar-refractivity contribution in [3.05, 3.63) is 97.4 Å². The highest BCUT2D eigenvalue weighted by molar-refractivity contribution is 8.01. The molecule has 17 heteroatoms. The second-order valence-electron chi connectivity index (χ2n) is 10.8. The number of hydrogen-bond acceptors (Lipinski definition) is 8.